The van der Waals surface area contributed by atoms with Gasteiger partial charge in [0.15, 0.2) is 0 Å². The van der Waals surface area contributed by atoms with Gasteiger partial charge in [-0.1, -0.05) is 0 Å². The van der Waals surface area contributed by atoms with Crippen LogP contribution in [0.5, 0.6) is 0 Å². The highest BCUT2D eigenvalue weighted by Gasteiger charge is 2.23. The monoisotopic (exact) mass is 238 g/mol. The zero-order valence-electron chi connectivity index (χ0n) is 9.45. The third-order valence-corrected chi connectivity index (χ3v) is 2.41. The van der Waals surface area contributed by atoms with Gasteiger partial charge in [-0.15, -0.1) is 0 Å². The van der Waals surface area contributed by atoms with Crippen LogP contribution in [-0.2, 0) is 16.1 Å². The van der Waals surface area contributed by atoms with Crippen molar-refractivity contribution in [1.82, 2.24) is 20.9 Å². The van der Waals surface area contributed by atoms with Crippen molar-refractivity contribution in [2.24, 2.45) is 0 Å². The van der Waals surface area contributed by atoms with E-state index in [2.05, 4.69) is 20.9 Å². The van der Waals surface area contributed by atoms with Crippen molar-refractivity contribution < 1.29 is 14.0 Å². The van der Waals surface area contributed by atoms with Gasteiger partial charge in [-0.25, -0.2) is 4.98 Å². The topological polar surface area (TPSA) is 96.3 Å². The van der Waals surface area contributed by atoms with Crippen LogP contribution in [0.1, 0.15) is 11.7 Å². The second-order valence-corrected chi connectivity index (χ2v) is 3.82. The molecule has 1 atom stereocenters. The van der Waals surface area contributed by atoms with Gasteiger partial charge in [0.25, 0.3) is 0 Å². The molecule has 0 aliphatic carbocycles. The minimum absolute atomic E-state index is 0.0997. The fourth-order valence-electron chi connectivity index (χ4n) is 1.52. The number of nitrogens with zero attached hydrogens (tertiary/aromatic N) is 1. The molecular weight excluding hydrogens is 224 g/mol. The minimum Gasteiger partial charge on any atom is -0.444 e. The zero-order chi connectivity index (χ0) is 12.3. The summed E-state index contributed by atoms with van der Waals surface area (Å²) in [5.41, 5.74) is 0. The molecule has 1 aliphatic heterocycles. The minimum atomic E-state index is -0.399. The van der Waals surface area contributed by atoms with Gasteiger partial charge in [0.2, 0.25) is 17.7 Å². The first kappa shape index (κ1) is 11.6. The Morgan fingerprint density at radius 2 is 2.53 bits per heavy atom. The molecule has 2 amide bonds. The number of hydrogen-bond donors (Lipinski definition) is 3. The van der Waals surface area contributed by atoms with Crippen molar-refractivity contribution in [3.05, 3.63) is 17.8 Å². The smallest absolute Gasteiger partial charge is 0.239 e. The highest BCUT2D eigenvalue weighted by Crippen LogP contribution is 2.00. The molecule has 2 rings (SSSR count). The number of hydrogen-bond acceptors (Lipinski definition) is 5. The van der Waals surface area contributed by atoms with Crippen molar-refractivity contribution in [1.29, 1.82) is 0 Å². The van der Waals surface area contributed by atoms with Gasteiger partial charge in [-0.2, -0.15) is 0 Å². The highest BCUT2D eigenvalue weighted by atomic mass is 16.4. The van der Waals surface area contributed by atoms with E-state index in [-0.39, 0.29) is 24.9 Å². The van der Waals surface area contributed by atoms with Gasteiger partial charge < -0.3 is 15.1 Å². The summed E-state index contributed by atoms with van der Waals surface area (Å²) in [4.78, 5) is 26.5. The van der Waals surface area contributed by atoms with Gasteiger partial charge >= 0.3 is 0 Å². The van der Waals surface area contributed by atoms with Crippen molar-refractivity contribution >= 4 is 11.8 Å². The number of nitrogens with one attached hydrogen (secondary N) is 3. The highest BCUT2D eigenvalue weighted by molar-refractivity contribution is 5.86. The summed E-state index contributed by atoms with van der Waals surface area (Å²) in [6.45, 7) is 2.50. The number of oxazole rings is 1. The molecule has 0 spiro atoms. The van der Waals surface area contributed by atoms with E-state index in [0.717, 1.165) is 0 Å². The molecule has 1 aromatic rings. The summed E-state index contributed by atoms with van der Waals surface area (Å²) in [7, 11) is 0. The van der Waals surface area contributed by atoms with Crippen LogP contribution in [0.15, 0.2) is 10.6 Å². The molecule has 0 bridgehead atoms. The Morgan fingerprint density at radius 1 is 1.71 bits per heavy atom. The maximum Gasteiger partial charge on any atom is 0.239 e. The molecule has 0 saturated carbocycles. The van der Waals surface area contributed by atoms with Crippen molar-refractivity contribution in [2.45, 2.75) is 19.5 Å². The summed E-state index contributed by atoms with van der Waals surface area (Å²) in [5.74, 6) is 0.895. The van der Waals surface area contributed by atoms with Gasteiger partial charge in [0.1, 0.15) is 11.8 Å². The van der Waals surface area contributed by atoms with Crippen molar-refractivity contribution in [2.75, 3.05) is 13.1 Å². The average molecular weight is 238 g/mol. The van der Waals surface area contributed by atoms with Gasteiger partial charge in [0.05, 0.1) is 19.3 Å². The second kappa shape index (κ2) is 4.96. The van der Waals surface area contributed by atoms with Gasteiger partial charge in [-0.3, -0.25) is 14.9 Å². The number of aryl methyl sites for hydroxylation is 1. The van der Waals surface area contributed by atoms with Crippen LogP contribution in [0.25, 0.3) is 0 Å². The Labute approximate surface area is 98.0 Å². The maximum atomic E-state index is 11.7. The van der Waals surface area contributed by atoms with Crippen LogP contribution >= 0.6 is 0 Å². The lowest BCUT2D eigenvalue weighted by Gasteiger charge is -2.22. The number of rotatable bonds is 3. The Hall–Kier alpha value is -1.89. The third kappa shape index (κ3) is 3.04. The fraction of sp³-hybridized carbons (Fsp3) is 0.500. The predicted octanol–water partition coefficient (Wildman–Crippen LogP) is -1.31. The molecule has 1 aromatic heterocycles. The lowest BCUT2D eigenvalue weighted by molar-refractivity contribution is -0.126. The number of amides is 2. The molecule has 2 heterocycles. The Bertz CT molecular complexity index is 419. The molecule has 17 heavy (non-hydrogen) atoms. The largest absolute Gasteiger partial charge is 0.444 e. The summed E-state index contributed by atoms with van der Waals surface area (Å²) >= 11 is 0. The van der Waals surface area contributed by atoms with E-state index in [0.29, 0.717) is 18.2 Å². The zero-order valence-corrected chi connectivity index (χ0v) is 9.45. The van der Waals surface area contributed by atoms with E-state index in [9.17, 15) is 9.59 Å². The lowest BCUT2D eigenvalue weighted by Crippen LogP contribution is -2.57. The first-order valence-electron chi connectivity index (χ1n) is 5.34. The average Bonchev–Trinajstić information content (AvgIpc) is 2.73. The number of carbonyl (C=O) groups is 2. The quantitative estimate of drug-likeness (QED) is 0.607. The van der Waals surface area contributed by atoms with Crippen LogP contribution in [0.4, 0.5) is 0 Å². The van der Waals surface area contributed by atoms with Gasteiger partial charge in [-0.05, 0) is 6.92 Å². The normalized spacial score (nSPS) is 19.8. The van der Waals surface area contributed by atoms with Crippen LogP contribution in [0.2, 0.25) is 0 Å². The SMILES string of the molecule is Cc1cnc(CNC(=O)C2CNC(=O)CN2)o1. The summed E-state index contributed by atoms with van der Waals surface area (Å²) in [6, 6.07) is -0.399. The Morgan fingerprint density at radius 3 is 3.12 bits per heavy atom. The van der Waals surface area contributed by atoms with Crippen LogP contribution in [-0.4, -0.2) is 35.9 Å². The van der Waals surface area contributed by atoms with Crippen molar-refractivity contribution in [3.63, 3.8) is 0 Å². The summed E-state index contributed by atoms with van der Waals surface area (Å²) in [6.07, 6.45) is 1.60. The number of piperazine rings is 1. The van der Waals surface area contributed by atoms with E-state index >= 15 is 0 Å². The van der Waals surface area contributed by atoms with Crippen LogP contribution in [0.3, 0.4) is 0 Å². The molecule has 7 heteroatoms. The molecule has 0 radical (unpaired) electrons. The van der Waals surface area contributed by atoms with E-state index in [1.165, 1.54) is 0 Å². The van der Waals surface area contributed by atoms with E-state index in [1.807, 2.05) is 0 Å². The van der Waals surface area contributed by atoms with E-state index < -0.39 is 6.04 Å². The lowest BCUT2D eigenvalue weighted by atomic mass is 10.2. The Kier molecular flexibility index (Phi) is 3.38. The number of carbonyl (C=O) groups excluding carboxylic acids is 2. The number of aromatic nitrogens is 1. The summed E-state index contributed by atoms with van der Waals surface area (Å²) < 4.78 is 5.22. The molecule has 92 valence electrons. The molecule has 1 aliphatic rings. The maximum absolute atomic E-state index is 11.7. The summed E-state index contributed by atoms with van der Waals surface area (Å²) in [5, 5.41) is 8.14. The molecule has 1 saturated heterocycles. The van der Waals surface area contributed by atoms with Gasteiger partial charge in [0, 0.05) is 6.54 Å². The third-order valence-electron chi connectivity index (χ3n) is 2.41. The second-order valence-electron chi connectivity index (χ2n) is 3.82. The van der Waals surface area contributed by atoms with Crippen LogP contribution in [0, 0.1) is 6.92 Å². The van der Waals surface area contributed by atoms with Crippen LogP contribution < -0.4 is 16.0 Å². The van der Waals surface area contributed by atoms with Crippen molar-refractivity contribution in [3.8, 4) is 0 Å². The Balaban J connectivity index is 1.79. The molecule has 0 aromatic carbocycles. The molecule has 3 N–H and O–H groups in total. The predicted molar refractivity (Wildman–Crippen MR) is 57.9 cm³/mol. The fourth-order valence-corrected chi connectivity index (χ4v) is 1.52. The molecule has 1 unspecified atom stereocenters. The molecule has 1 fully saturated rings. The molecule has 7 nitrogen and oxygen atoms in total. The first-order valence-corrected chi connectivity index (χ1v) is 5.34. The first-order chi connectivity index (χ1) is 8.15. The van der Waals surface area contributed by atoms with E-state index in [4.69, 9.17) is 4.42 Å². The van der Waals surface area contributed by atoms with E-state index in [1.54, 1.807) is 13.1 Å². The molecular formula is C10H14N4O3. The standard InChI is InChI=1S/C10H14N4O3/c1-6-2-13-9(17-6)5-14-10(16)7-3-12-8(15)4-11-7/h2,7,11H,3-5H2,1H3,(H,12,15)(H,14,16).